The van der Waals surface area contributed by atoms with Crippen LogP contribution < -0.4 is 0 Å². The van der Waals surface area contributed by atoms with Gasteiger partial charge in [0.2, 0.25) is 0 Å². The van der Waals surface area contributed by atoms with Crippen LogP contribution in [0.2, 0.25) is 0 Å². The molecule has 0 amide bonds. The average molecular weight is 230 g/mol. The Labute approximate surface area is 91.5 Å². The van der Waals surface area contributed by atoms with Crippen LogP contribution in [0, 0.1) is 6.92 Å². The Morgan fingerprint density at radius 2 is 2.38 bits per heavy atom. The molecule has 0 unspecified atom stereocenters. The van der Waals surface area contributed by atoms with E-state index in [1.165, 1.54) is 4.68 Å². The van der Waals surface area contributed by atoms with Crippen LogP contribution in [0.15, 0.2) is 24.6 Å². The third kappa shape index (κ3) is 4.68. The number of halogens is 2. The van der Waals surface area contributed by atoms with Gasteiger partial charge in [0, 0.05) is 12.6 Å². The fourth-order valence-electron chi connectivity index (χ4n) is 1.07. The van der Waals surface area contributed by atoms with Crippen molar-refractivity contribution in [1.82, 2.24) is 9.78 Å². The highest BCUT2D eigenvalue weighted by molar-refractivity contribution is 5.69. The molecule has 1 aromatic rings. The number of esters is 1. The van der Waals surface area contributed by atoms with Gasteiger partial charge < -0.3 is 4.74 Å². The van der Waals surface area contributed by atoms with Crippen molar-refractivity contribution in [1.29, 1.82) is 0 Å². The standard InChI is InChI=1S/C10H12F2N2O2/c1-8-5-13-14(6-8)7-10(15)16-4-2-3-9(11)12/h3,5-6H,2,4,7H2,1H3. The van der Waals surface area contributed by atoms with E-state index in [4.69, 9.17) is 4.74 Å². The van der Waals surface area contributed by atoms with Crippen LogP contribution in [0.4, 0.5) is 8.78 Å². The van der Waals surface area contributed by atoms with Crippen molar-refractivity contribution < 1.29 is 18.3 Å². The summed E-state index contributed by atoms with van der Waals surface area (Å²) in [6.07, 6.45) is 2.28. The van der Waals surface area contributed by atoms with Gasteiger partial charge in [0.05, 0.1) is 12.8 Å². The maximum atomic E-state index is 11.6. The number of ether oxygens (including phenoxy) is 1. The normalized spacial score (nSPS) is 9.94. The highest BCUT2D eigenvalue weighted by Gasteiger charge is 2.04. The third-order valence-electron chi connectivity index (χ3n) is 1.73. The van der Waals surface area contributed by atoms with E-state index in [9.17, 15) is 13.6 Å². The monoisotopic (exact) mass is 230 g/mol. The highest BCUT2D eigenvalue weighted by Crippen LogP contribution is 1.99. The van der Waals surface area contributed by atoms with Gasteiger partial charge >= 0.3 is 5.97 Å². The maximum absolute atomic E-state index is 11.6. The van der Waals surface area contributed by atoms with E-state index in [2.05, 4.69) is 5.10 Å². The SMILES string of the molecule is Cc1cnn(CC(=O)OCCC=C(F)F)c1. The molecule has 0 bridgehead atoms. The Bertz CT molecular complexity index is 384. The molecule has 0 fully saturated rings. The van der Waals surface area contributed by atoms with Crippen molar-refractivity contribution in [2.24, 2.45) is 0 Å². The number of carbonyl (C=O) groups is 1. The lowest BCUT2D eigenvalue weighted by molar-refractivity contribution is -0.144. The van der Waals surface area contributed by atoms with Crippen LogP contribution in [-0.4, -0.2) is 22.4 Å². The minimum Gasteiger partial charge on any atom is -0.464 e. The first kappa shape index (κ1) is 12.4. The number of aromatic nitrogens is 2. The van der Waals surface area contributed by atoms with E-state index in [0.29, 0.717) is 6.08 Å². The van der Waals surface area contributed by atoms with Crippen molar-refractivity contribution in [3.63, 3.8) is 0 Å². The van der Waals surface area contributed by atoms with Crippen LogP contribution in [0.5, 0.6) is 0 Å². The first-order valence-corrected chi connectivity index (χ1v) is 4.74. The van der Waals surface area contributed by atoms with Crippen LogP contribution in [0.3, 0.4) is 0 Å². The molecule has 0 saturated heterocycles. The molecule has 0 aromatic carbocycles. The van der Waals surface area contributed by atoms with Crippen LogP contribution in [0.25, 0.3) is 0 Å². The van der Waals surface area contributed by atoms with Gasteiger partial charge in [-0.2, -0.15) is 13.9 Å². The first-order valence-electron chi connectivity index (χ1n) is 4.74. The van der Waals surface area contributed by atoms with E-state index in [-0.39, 0.29) is 19.6 Å². The minimum absolute atomic E-state index is 0.00430. The summed E-state index contributed by atoms with van der Waals surface area (Å²) in [5.41, 5.74) is 0.940. The molecular formula is C10H12F2N2O2. The Morgan fingerprint density at radius 3 is 2.94 bits per heavy atom. The van der Waals surface area contributed by atoms with Gasteiger partial charge in [-0.25, -0.2) is 0 Å². The zero-order valence-corrected chi connectivity index (χ0v) is 8.82. The van der Waals surface area contributed by atoms with Crippen molar-refractivity contribution in [2.45, 2.75) is 19.9 Å². The molecule has 0 N–H and O–H groups in total. The minimum atomic E-state index is -1.77. The molecule has 0 saturated carbocycles. The molecule has 4 nitrogen and oxygen atoms in total. The molecule has 0 spiro atoms. The summed E-state index contributed by atoms with van der Waals surface area (Å²) in [5, 5.41) is 3.90. The number of carbonyl (C=O) groups excluding carboxylic acids is 1. The number of rotatable bonds is 5. The molecule has 0 aliphatic rings. The summed E-state index contributed by atoms with van der Waals surface area (Å²) in [6.45, 7) is 1.80. The number of nitrogens with zero attached hydrogens (tertiary/aromatic N) is 2. The number of aryl methyl sites for hydroxylation is 1. The van der Waals surface area contributed by atoms with Gasteiger partial charge in [0.15, 0.2) is 0 Å². The highest BCUT2D eigenvalue weighted by atomic mass is 19.3. The molecule has 16 heavy (non-hydrogen) atoms. The summed E-state index contributed by atoms with van der Waals surface area (Å²) in [6, 6.07) is 0. The summed E-state index contributed by atoms with van der Waals surface area (Å²) in [5.74, 6) is -0.490. The molecule has 0 radical (unpaired) electrons. The van der Waals surface area contributed by atoms with Crippen LogP contribution in [0.1, 0.15) is 12.0 Å². The molecule has 0 aliphatic heterocycles. The van der Waals surface area contributed by atoms with Gasteiger partial charge in [0.25, 0.3) is 6.08 Å². The van der Waals surface area contributed by atoms with Crippen molar-refractivity contribution in [3.8, 4) is 0 Å². The summed E-state index contributed by atoms with van der Waals surface area (Å²) >= 11 is 0. The van der Waals surface area contributed by atoms with E-state index >= 15 is 0 Å². The lowest BCUT2D eigenvalue weighted by Gasteiger charge is -2.02. The topological polar surface area (TPSA) is 44.1 Å². The summed E-state index contributed by atoms with van der Waals surface area (Å²) in [7, 11) is 0. The van der Waals surface area contributed by atoms with E-state index in [1.807, 2.05) is 6.92 Å². The maximum Gasteiger partial charge on any atom is 0.327 e. The van der Waals surface area contributed by atoms with Gasteiger partial charge in [-0.15, -0.1) is 0 Å². The van der Waals surface area contributed by atoms with Crippen LogP contribution in [-0.2, 0) is 16.1 Å². The van der Waals surface area contributed by atoms with E-state index in [0.717, 1.165) is 5.56 Å². The lowest BCUT2D eigenvalue weighted by atomic mass is 10.4. The van der Waals surface area contributed by atoms with Crippen molar-refractivity contribution in [3.05, 3.63) is 30.1 Å². The fraction of sp³-hybridized carbons (Fsp3) is 0.400. The second kappa shape index (κ2) is 5.99. The smallest absolute Gasteiger partial charge is 0.327 e. The van der Waals surface area contributed by atoms with E-state index in [1.54, 1.807) is 12.4 Å². The van der Waals surface area contributed by atoms with Crippen molar-refractivity contribution >= 4 is 5.97 Å². The van der Waals surface area contributed by atoms with Crippen LogP contribution >= 0.6 is 0 Å². The molecule has 1 rings (SSSR count). The second-order valence-electron chi connectivity index (χ2n) is 3.22. The third-order valence-corrected chi connectivity index (χ3v) is 1.73. The predicted molar refractivity (Wildman–Crippen MR) is 52.8 cm³/mol. The molecule has 88 valence electrons. The fourth-order valence-corrected chi connectivity index (χ4v) is 1.07. The van der Waals surface area contributed by atoms with Gasteiger partial charge in [-0.3, -0.25) is 9.48 Å². The summed E-state index contributed by atoms with van der Waals surface area (Å²) < 4.78 is 29.4. The second-order valence-corrected chi connectivity index (χ2v) is 3.22. The first-order chi connectivity index (χ1) is 7.58. The van der Waals surface area contributed by atoms with Crippen molar-refractivity contribution in [2.75, 3.05) is 6.61 Å². The quantitative estimate of drug-likeness (QED) is 0.573. The molecule has 6 heteroatoms. The Balaban J connectivity index is 2.24. The van der Waals surface area contributed by atoms with E-state index < -0.39 is 12.0 Å². The largest absolute Gasteiger partial charge is 0.464 e. The predicted octanol–water partition coefficient (Wildman–Crippen LogP) is 1.91. The molecule has 0 atom stereocenters. The molecular weight excluding hydrogens is 218 g/mol. The van der Waals surface area contributed by atoms with Gasteiger partial charge in [0.1, 0.15) is 6.54 Å². The van der Waals surface area contributed by atoms with Gasteiger partial charge in [-0.1, -0.05) is 0 Å². The number of hydrogen-bond donors (Lipinski definition) is 0. The zero-order chi connectivity index (χ0) is 12.0. The molecule has 1 aromatic heterocycles. The average Bonchev–Trinajstić information content (AvgIpc) is 2.58. The lowest BCUT2D eigenvalue weighted by Crippen LogP contribution is -2.14. The Morgan fingerprint density at radius 1 is 1.62 bits per heavy atom. The number of hydrogen-bond acceptors (Lipinski definition) is 3. The van der Waals surface area contributed by atoms with Gasteiger partial charge in [-0.05, 0) is 18.6 Å². The summed E-state index contributed by atoms with van der Waals surface area (Å²) in [4.78, 5) is 11.2. The Hall–Kier alpha value is -1.72. The zero-order valence-electron chi connectivity index (χ0n) is 8.82. The molecule has 0 aliphatic carbocycles. The molecule has 1 heterocycles. The Kier molecular flexibility index (Phi) is 4.63.